The highest BCUT2D eigenvalue weighted by Crippen LogP contribution is 2.31. The summed E-state index contributed by atoms with van der Waals surface area (Å²) in [7, 11) is 0. The molecule has 0 spiro atoms. The predicted octanol–water partition coefficient (Wildman–Crippen LogP) is 3.27. The van der Waals surface area contributed by atoms with E-state index in [0.29, 0.717) is 18.2 Å². The largest absolute Gasteiger partial charge is 0.473 e. The molecule has 26 heavy (non-hydrogen) atoms. The summed E-state index contributed by atoms with van der Waals surface area (Å²) in [6.45, 7) is 0. The van der Waals surface area contributed by atoms with Crippen LogP contribution in [0, 0.1) is 29.1 Å². The van der Waals surface area contributed by atoms with Gasteiger partial charge in [-0.2, -0.15) is 0 Å². The summed E-state index contributed by atoms with van der Waals surface area (Å²) in [5.41, 5.74) is 0.858. The molecule has 0 saturated heterocycles. The molecule has 1 aromatic heterocycles. The van der Waals surface area contributed by atoms with Crippen LogP contribution in [0.5, 0.6) is 0 Å². The fraction of sp³-hybridized carbons (Fsp3) is 0.133. The maximum absolute atomic E-state index is 13.4. The first-order valence-corrected chi connectivity index (χ1v) is 7.64. The Morgan fingerprint density at radius 1 is 0.846 bits per heavy atom. The lowest BCUT2D eigenvalue weighted by Crippen LogP contribution is -2.09. The number of thioether (sulfide) groups is 1. The number of pyridine rings is 1. The Balaban J connectivity index is 0.000000487. The number of carbonyl (C=O) groups is 2. The quantitative estimate of drug-likeness (QED) is 0.272. The van der Waals surface area contributed by atoms with Gasteiger partial charge in [-0.3, -0.25) is 4.98 Å². The molecule has 0 aliphatic rings. The number of hydrogen-bond acceptors (Lipinski definition) is 4. The molecule has 5 nitrogen and oxygen atoms in total. The first-order chi connectivity index (χ1) is 12.2. The highest BCUT2D eigenvalue weighted by atomic mass is 32.2. The van der Waals surface area contributed by atoms with Gasteiger partial charge in [0.1, 0.15) is 0 Å². The number of halogens is 5. The van der Waals surface area contributed by atoms with Crippen molar-refractivity contribution in [3.63, 3.8) is 0 Å². The summed E-state index contributed by atoms with van der Waals surface area (Å²) in [4.78, 5) is 21.2. The smallest absolute Gasteiger partial charge is 0.414 e. The van der Waals surface area contributed by atoms with Crippen LogP contribution in [0.1, 0.15) is 5.56 Å². The van der Waals surface area contributed by atoms with Crippen LogP contribution in [-0.4, -0.2) is 32.9 Å². The second-order valence-corrected chi connectivity index (χ2v) is 5.57. The van der Waals surface area contributed by atoms with Gasteiger partial charge in [-0.05, 0) is 24.1 Å². The zero-order chi connectivity index (χ0) is 19.9. The molecule has 0 fully saturated rings. The Morgan fingerprint density at radius 2 is 1.27 bits per heavy atom. The van der Waals surface area contributed by atoms with Gasteiger partial charge in [0.15, 0.2) is 23.3 Å². The third-order valence-corrected chi connectivity index (χ3v) is 3.79. The van der Waals surface area contributed by atoms with E-state index in [4.69, 9.17) is 19.8 Å². The molecule has 2 rings (SSSR count). The molecule has 140 valence electrons. The highest BCUT2D eigenvalue weighted by Gasteiger charge is 2.25. The number of hydrogen-bond donors (Lipinski definition) is 2. The standard InChI is InChI=1S/C13H8F5NS.C2H2O4/c14-8-9(15)11(17)13(12(18)10(8)16)20-6-3-7-1-4-19-5-2-7;3-1(4)2(5)6/h1-2,4-5H,3,6H2;(H,3,4)(H,5,6). The van der Waals surface area contributed by atoms with Crippen molar-refractivity contribution in [2.75, 3.05) is 5.75 Å². The number of aryl methyl sites for hydroxylation is 1. The van der Waals surface area contributed by atoms with E-state index in [-0.39, 0.29) is 5.75 Å². The average Bonchev–Trinajstić information content (AvgIpc) is 2.62. The van der Waals surface area contributed by atoms with Crippen LogP contribution in [0.25, 0.3) is 0 Å². The van der Waals surface area contributed by atoms with Crippen LogP contribution in [0.15, 0.2) is 29.4 Å². The van der Waals surface area contributed by atoms with E-state index >= 15 is 0 Å². The van der Waals surface area contributed by atoms with E-state index < -0.39 is 45.9 Å². The molecule has 0 unspecified atom stereocenters. The lowest BCUT2D eigenvalue weighted by Gasteiger charge is -2.07. The second-order valence-electron chi connectivity index (χ2n) is 4.46. The van der Waals surface area contributed by atoms with Gasteiger partial charge in [-0.1, -0.05) is 0 Å². The van der Waals surface area contributed by atoms with Crippen molar-refractivity contribution in [3.05, 3.63) is 59.2 Å². The summed E-state index contributed by atoms with van der Waals surface area (Å²) in [5, 5.41) is 14.8. The minimum absolute atomic E-state index is 0.183. The third kappa shape index (κ3) is 5.69. The Morgan fingerprint density at radius 3 is 1.69 bits per heavy atom. The third-order valence-electron chi connectivity index (χ3n) is 2.74. The van der Waals surface area contributed by atoms with Crippen molar-refractivity contribution < 1.29 is 41.8 Å². The fourth-order valence-electron chi connectivity index (χ4n) is 1.53. The lowest BCUT2D eigenvalue weighted by molar-refractivity contribution is -0.159. The van der Waals surface area contributed by atoms with E-state index in [9.17, 15) is 22.0 Å². The number of benzene rings is 1. The number of aromatic nitrogens is 1. The fourth-order valence-corrected chi connectivity index (χ4v) is 2.51. The first kappa shape index (κ1) is 21.4. The minimum atomic E-state index is -2.14. The van der Waals surface area contributed by atoms with E-state index in [1.807, 2.05) is 0 Å². The van der Waals surface area contributed by atoms with E-state index in [0.717, 1.165) is 5.56 Å². The van der Waals surface area contributed by atoms with Crippen LogP contribution in [0.3, 0.4) is 0 Å². The number of rotatable bonds is 4. The molecule has 2 aromatic rings. The molecule has 0 saturated carbocycles. The van der Waals surface area contributed by atoms with Gasteiger partial charge < -0.3 is 10.2 Å². The maximum atomic E-state index is 13.4. The zero-order valence-corrected chi connectivity index (χ0v) is 13.5. The van der Waals surface area contributed by atoms with Crippen molar-refractivity contribution in [1.82, 2.24) is 4.98 Å². The predicted molar refractivity (Wildman–Crippen MR) is 80.2 cm³/mol. The summed E-state index contributed by atoms with van der Waals surface area (Å²) in [5.74, 6) is -13.0. The normalized spacial score (nSPS) is 10.0. The van der Waals surface area contributed by atoms with Crippen LogP contribution < -0.4 is 0 Å². The number of aliphatic carboxylic acids is 2. The molecule has 0 atom stereocenters. The van der Waals surface area contributed by atoms with Crippen molar-refractivity contribution in [3.8, 4) is 0 Å². The highest BCUT2D eigenvalue weighted by molar-refractivity contribution is 7.99. The molecule has 0 bridgehead atoms. The topological polar surface area (TPSA) is 87.5 Å². The van der Waals surface area contributed by atoms with Crippen LogP contribution in [-0.2, 0) is 16.0 Å². The molecule has 1 aromatic carbocycles. The van der Waals surface area contributed by atoms with Crippen molar-refractivity contribution in [1.29, 1.82) is 0 Å². The molecule has 11 heteroatoms. The van der Waals surface area contributed by atoms with E-state index in [2.05, 4.69) is 4.98 Å². The second kappa shape index (κ2) is 9.70. The van der Waals surface area contributed by atoms with Crippen molar-refractivity contribution >= 4 is 23.7 Å². The Kier molecular flexibility index (Phi) is 7.97. The monoisotopic (exact) mass is 395 g/mol. The maximum Gasteiger partial charge on any atom is 0.414 e. The molecule has 2 N–H and O–H groups in total. The van der Waals surface area contributed by atoms with E-state index in [1.165, 1.54) is 0 Å². The number of carboxylic acids is 2. The molecular weight excluding hydrogens is 385 g/mol. The molecule has 0 aliphatic carbocycles. The Bertz CT molecular complexity index is 763. The molecule has 0 radical (unpaired) electrons. The van der Waals surface area contributed by atoms with Crippen LogP contribution in [0.2, 0.25) is 0 Å². The van der Waals surface area contributed by atoms with Crippen LogP contribution >= 0.6 is 11.8 Å². The van der Waals surface area contributed by atoms with Gasteiger partial charge in [0, 0.05) is 18.1 Å². The number of nitrogens with zero attached hydrogens (tertiary/aromatic N) is 1. The lowest BCUT2D eigenvalue weighted by atomic mass is 10.2. The van der Waals surface area contributed by atoms with Crippen molar-refractivity contribution in [2.45, 2.75) is 11.3 Å². The first-order valence-electron chi connectivity index (χ1n) is 6.66. The summed E-state index contributed by atoms with van der Waals surface area (Å²) in [6, 6.07) is 3.41. The molecule has 1 heterocycles. The van der Waals surface area contributed by atoms with Gasteiger partial charge in [-0.15, -0.1) is 11.8 Å². The molecule has 0 aliphatic heterocycles. The molecular formula is C15H10F5NO4S. The average molecular weight is 395 g/mol. The van der Waals surface area contributed by atoms with E-state index in [1.54, 1.807) is 24.5 Å². The summed E-state index contributed by atoms with van der Waals surface area (Å²) >= 11 is 0.588. The Labute approximate surface area is 147 Å². The minimum Gasteiger partial charge on any atom is -0.473 e. The van der Waals surface area contributed by atoms with Crippen molar-refractivity contribution in [2.24, 2.45) is 0 Å². The Hall–Kier alpha value is -2.69. The van der Waals surface area contributed by atoms with Gasteiger partial charge in [-0.25, -0.2) is 31.5 Å². The van der Waals surface area contributed by atoms with Gasteiger partial charge >= 0.3 is 11.9 Å². The number of carboxylic acid groups (broad SMARTS) is 2. The van der Waals surface area contributed by atoms with Gasteiger partial charge in [0.2, 0.25) is 5.82 Å². The van der Waals surface area contributed by atoms with Gasteiger partial charge in [0.25, 0.3) is 0 Å². The SMILES string of the molecule is Fc1c(F)c(F)c(SCCc2ccncc2)c(F)c1F.O=C(O)C(=O)O. The molecule has 0 amide bonds. The van der Waals surface area contributed by atoms with Crippen LogP contribution in [0.4, 0.5) is 22.0 Å². The zero-order valence-electron chi connectivity index (χ0n) is 12.7. The summed E-state index contributed by atoms with van der Waals surface area (Å²) in [6.07, 6.45) is 3.53. The summed E-state index contributed by atoms with van der Waals surface area (Å²) < 4.78 is 65.5. The van der Waals surface area contributed by atoms with Gasteiger partial charge in [0.05, 0.1) is 4.90 Å².